The fourth-order valence-electron chi connectivity index (χ4n) is 1.87. The Morgan fingerprint density at radius 2 is 2.06 bits per heavy atom. The summed E-state index contributed by atoms with van der Waals surface area (Å²) in [5, 5.41) is 12.5. The highest BCUT2D eigenvalue weighted by molar-refractivity contribution is 5.85. The molecule has 94 valence electrons. The maximum absolute atomic E-state index is 11.9. The van der Waals surface area contributed by atoms with Crippen molar-refractivity contribution >= 4 is 18.3 Å². The van der Waals surface area contributed by atoms with E-state index in [-0.39, 0.29) is 24.1 Å². The summed E-state index contributed by atoms with van der Waals surface area (Å²) < 4.78 is 0. The first-order valence-electron chi connectivity index (χ1n) is 5.52. The van der Waals surface area contributed by atoms with Crippen LogP contribution >= 0.6 is 12.4 Å². The Hall–Kier alpha value is -1.26. The SMILES string of the molecule is Cl.O=C(Cc1cccc(O)c1)N1CCNCC1. The van der Waals surface area contributed by atoms with E-state index < -0.39 is 0 Å². The number of nitrogens with one attached hydrogen (secondary N) is 1. The van der Waals surface area contributed by atoms with E-state index in [1.54, 1.807) is 18.2 Å². The van der Waals surface area contributed by atoms with Gasteiger partial charge >= 0.3 is 0 Å². The Morgan fingerprint density at radius 3 is 2.71 bits per heavy atom. The van der Waals surface area contributed by atoms with Crippen LogP contribution in [-0.4, -0.2) is 42.1 Å². The van der Waals surface area contributed by atoms with Crippen LogP contribution in [0.2, 0.25) is 0 Å². The summed E-state index contributed by atoms with van der Waals surface area (Å²) in [6.07, 6.45) is 0.369. The summed E-state index contributed by atoms with van der Waals surface area (Å²) in [5.41, 5.74) is 0.864. The minimum Gasteiger partial charge on any atom is -0.508 e. The normalized spacial score (nSPS) is 15.2. The van der Waals surface area contributed by atoms with Crippen LogP contribution in [0.3, 0.4) is 0 Å². The average molecular weight is 257 g/mol. The molecule has 17 heavy (non-hydrogen) atoms. The number of piperazine rings is 1. The molecule has 1 heterocycles. The van der Waals surface area contributed by atoms with Crippen molar-refractivity contribution in [1.82, 2.24) is 10.2 Å². The van der Waals surface area contributed by atoms with Crippen molar-refractivity contribution in [1.29, 1.82) is 0 Å². The van der Waals surface area contributed by atoms with Crippen molar-refractivity contribution in [2.45, 2.75) is 6.42 Å². The molecule has 1 amide bonds. The first-order chi connectivity index (χ1) is 7.75. The van der Waals surface area contributed by atoms with Crippen molar-refractivity contribution in [3.05, 3.63) is 29.8 Å². The van der Waals surface area contributed by atoms with Crippen LogP contribution in [0.4, 0.5) is 0 Å². The topological polar surface area (TPSA) is 52.6 Å². The molecule has 0 unspecified atom stereocenters. The molecule has 1 aliphatic heterocycles. The third kappa shape index (κ3) is 3.91. The summed E-state index contributed by atoms with van der Waals surface area (Å²) in [6.45, 7) is 3.28. The van der Waals surface area contributed by atoms with Crippen molar-refractivity contribution in [3.63, 3.8) is 0 Å². The minimum atomic E-state index is 0. The van der Waals surface area contributed by atoms with Gasteiger partial charge in [-0.15, -0.1) is 12.4 Å². The van der Waals surface area contributed by atoms with Gasteiger partial charge in [-0.05, 0) is 17.7 Å². The van der Waals surface area contributed by atoms with E-state index in [2.05, 4.69) is 5.32 Å². The number of phenols is 1. The van der Waals surface area contributed by atoms with Gasteiger partial charge < -0.3 is 15.3 Å². The van der Waals surface area contributed by atoms with Gasteiger partial charge in [0.25, 0.3) is 0 Å². The van der Waals surface area contributed by atoms with Crippen molar-refractivity contribution < 1.29 is 9.90 Å². The Bertz CT molecular complexity index is 379. The summed E-state index contributed by atoms with van der Waals surface area (Å²) in [7, 11) is 0. The third-order valence-corrected chi connectivity index (χ3v) is 2.74. The fraction of sp³-hybridized carbons (Fsp3) is 0.417. The Morgan fingerprint density at radius 1 is 1.35 bits per heavy atom. The molecule has 0 radical (unpaired) electrons. The summed E-state index contributed by atoms with van der Waals surface area (Å²) in [5.74, 6) is 0.345. The molecule has 2 rings (SSSR count). The Balaban J connectivity index is 0.00000144. The molecule has 1 saturated heterocycles. The van der Waals surface area contributed by atoms with Crippen LogP contribution in [0.15, 0.2) is 24.3 Å². The first kappa shape index (κ1) is 13.8. The number of hydrogen-bond acceptors (Lipinski definition) is 3. The van der Waals surface area contributed by atoms with E-state index in [1.165, 1.54) is 0 Å². The molecule has 0 aliphatic carbocycles. The number of rotatable bonds is 2. The summed E-state index contributed by atoms with van der Waals surface area (Å²) >= 11 is 0. The molecular formula is C12H17ClN2O2. The highest BCUT2D eigenvalue weighted by Gasteiger charge is 2.16. The molecule has 0 aromatic heterocycles. The molecule has 1 aliphatic rings. The zero-order valence-electron chi connectivity index (χ0n) is 9.56. The quantitative estimate of drug-likeness (QED) is 0.823. The molecular weight excluding hydrogens is 240 g/mol. The Labute approximate surface area is 107 Å². The van der Waals surface area contributed by atoms with Gasteiger partial charge in [0.15, 0.2) is 0 Å². The number of hydrogen-bond donors (Lipinski definition) is 2. The first-order valence-corrected chi connectivity index (χ1v) is 5.52. The smallest absolute Gasteiger partial charge is 0.227 e. The predicted octanol–water partition coefficient (Wildman–Crippen LogP) is 0.788. The van der Waals surface area contributed by atoms with Crippen molar-refractivity contribution in [3.8, 4) is 5.75 Å². The number of aromatic hydroxyl groups is 1. The average Bonchev–Trinajstić information content (AvgIpc) is 2.30. The van der Waals surface area contributed by atoms with E-state index in [0.29, 0.717) is 6.42 Å². The van der Waals surface area contributed by atoms with Gasteiger partial charge in [0, 0.05) is 26.2 Å². The lowest BCUT2D eigenvalue weighted by atomic mass is 10.1. The lowest BCUT2D eigenvalue weighted by molar-refractivity contribution is -0.131. The number of halogens is 1. The van der Waals surface area contributed by atoms with Gasteiger partial charge in [-0.25, -0.2) is 0 Å². The molecule has 5 heteroatoms. The highest BCUT2D eigenvalue weighted by Crippen LogP contribution is 2.12. The molecule has 2 N–H and O–H groups in total. The highest BCUT2D eigenvalue weighted by atomic mass is 35.5. The minimum absolute atomic E-state index is 0. The van der Waals surface area contributed by atoms with Gasteiger partial charge in [0.05, 0.1) is 6.42 Å². The molecule has 0 saturated carbocycles. The number of phenolic OH excluding ortho intramolecular Hbond substituents is 1. The van der Waals surface area contributed by atoms with Gasteiger partial charge in [0.1, 0.15) is 5.75 Å². The molecule has 1 fully saturated rings. The zero-order valence-corrected chi connectivity index (χ0v) is 10.4. The number of amides is 1. The second kappa shape index (κ2) is 6.47. The van der Waals surface area contributed by atoms with E-state index >= 15 is 0 Å². The van der Waals surface area contributed by atoms with Gasteiger partial charge in [-0.2, -0.15) is 0 Å². The van der Waals surface area contributed by atoms with Crippen LogP contribution in [0.5, 0.6) is 5.75 Å². The number of nitrogens with zero attached hydrogens (tertiary/aromatic N) is 1. The lowest BCUT2D eigenvalue weighted by Crippen LogP contribution is -2.46. The van der Waals surface area contributed by atoms with Crippen LogP contribution < -0.4 is 5.32 Å². The standard InChI is InChI=1S/C12H16N2O2.ClH/c15-11-3-1-2-10(8-11)9-12(16)14-6-4-13-5-7-14;/h1-3,8,13,15H,4-7,9H2;1H. The van der Waals surface area contributed by atoms with Gasteiger partial charge in [0.2, 0.25) is 5.91 Å². The largest absolute Gasteiger partial charge is 0.508 e. The number of carbonyl (C=O) groups excluding carboxylic acids is 1. The van der Waals surface area contributed by atoms with E-state index in [9.17, 15) is 9.90 Å². The van der Waals surface area contributed by atoms with Crippen LogP contribution in [-0.2, 0) is 11.2 Å². The van der Waals surface area contributed by atoms with Crippen molar-refractivity contribution in [2.24, 2.45) is 0 Å². The molecule has 1 aromatic carbocycles. The van der Waals surface area contributed by atoms with E-state index in [0.717, 1.165) is 31.7 Å². The predicted molar refractivity (Wildman–Crippen MR) is 68.5 cm³/mol. The molecule has 1 aromatic rings. The third-order valence-electron chi connectivity index (χ3n) is 2.74. The molecule has 0 bridgehead atoms. The summed E-state index contributed by atoms with van der Waals surface area (Å²) in [6, 6.07) is 6.87. The monoisotopic (exact) mass is 256 g/mol. The van der Waals surface area contributed by atoms with Crippen LogP contribution in [0.1, 0.15) is 5.56 Å². The lowest BCUT2D eigenvalue weighted by Gasteiger charge is -2.27. The number of carbonyl (C=O) groups is 1. The van der Waals surface area contributed by atoms with E-state index in [4.69, 9.17) is 0 Å². The van der Waals surface area contributed by atoms with Crippen LogP contribution in [0, 0.1) is 0 Å². The molecule has 0 atom stereocenters. The van der Waals surface area contributed by atoms with Crippen LogP contribution in [0.25, 0.3) is 0 Å². The second-order valence-electron chi connectivity index (χ2n) is 3.98. The van der Waals surface area contributed by atoms with E-state index in [1.807, 2.05) is 11.0 Å². The maximum atomic E-state index is 11.9. The maximum Gasteiger partial charge on any atom is 0.227 e. The number of benzene rings is 1. The van der Waals surface area contributed by atoms with Gasteiger partial charge in [-0.1, -0.05) is 12.1 Å². The molecule has 4 nitrogen and oxygen atoms in total. The zero-order chi connectivity index (χ0) is 11.4. The Kier molecular flexibility index (Phi) is 5.25. The molecule has 0 spiro atoms. The second-order valence-corrected chi connectivity index (χ2v) is 3.98. The fourth-order valence-corrected chi connectivity index (χ4v) is 1.87. The summed E-state index contributed by atoms with van der Waals surface area (Å²) in [4.78, 5) is 13.8. The van der Waals surface area contributed by atoms with Gasteiger partial charge in [-0.3, -0.25) is 4.79 Å². The van der Waals surface area contributed by atoms with Crippen molar-refractivity contribution in [2.75, 3.05) is 26.2 Å².